The van der Waals surface area contributed by atoms with Crippen molar-refractivity contribution in [2.75, 3.05) is 4.90 Å². The molecule has 0 aromatic heterocycles. The molecule has 6 nitrogen and oxygen atoms in total. The second-order valence-electron chi connectivity index (χ2n) is 9.39. The highest BCUT2D eigenvalue weighted by molar-refractivity contribution is 6.12. The number of para-hydroxylation sites is 1. The average molecular weight is 457 g/mol. The van der Waals surface area contributed by atoms with Crippen LogP contribution in [0.15, 0.2) is 84.9 Å². The molecule has 0 unspecified atom stereocenters. The number of benzene rings is 3. The Morgan fingerprint density at radius 2 is 1.47 bits per heavy atom. The van der Waals surface area contributed by atoms with Crippen molar-refractivity contribution in [3.63, 3.8) is 0 Å². The van der Waals surface area contributed by atoms with E-state index in [0.29, 0.717) is 23.4 Å². The van der Waals surface area contributed by atoms with E-state index >= 15 is 0 Å². The quantitative estimate of drug-likeness (QED) is 0.516. The summed E-state index contributed by atoms with van der Waals surface area (Å²) in [6.45, 7) is 5.56. The molecule has 1 heterocycles. The van der Waals surface area contributed by atoms with Gasteiger partial charge in [-0.2, -0.15) is 0 Å². The van der Waals surface area contributed by atoms with Crippen LogP contribution in [0, 0.1) is 0 Å². The van der Waals surface area contributed by atoms with Gasteiger partial charge in [-0.25, -0.2) is 4.79 Å². The fourth-order valence-corrected chi connectivity index (χ4v) is 4.23. The monoisotopic (exact) mass is 456 g/mol. The lowest BCUT2D eigenvalue weighted by Crippen LogP contribution is -2.55. The second-order valence-corrected chi connectivity index (χ2v) is 9.39. The zero-order valence-corrected chi connectivity index (χ0v) is 19.6. The minimum absolute atomic E-state index is 0.225. The van der Waals surface area contributed by atoms with E-state index in [4.69, 9.17) is 4.74 Å². The van der Waals surface area contributed by atoms with Crippen LogP contribution in [0.1, 0.15) is 48.7 Å². The number of amides is 2. The molecule has 1 aliphatic rings. The minimum atomic E-state index is -1.58. The van der Waals surface area contributed by atoms with Gasteiger partial charge < -0.3 is 15.0 Å². The molecule has 1 atom stereocenters. The first-order chi connectivity index (χ1) is 16.2. The number of hydrogen-bond acceptors (Lipinski definition) is 4. The standard InChI is InChI=1S/C28H28N2O4/c1-27(2,3)34-26(33)29-28(18-24(31)21-14-8-5-9-15-21)22-16-10-11-17-23(22)30(25(28)32)19-20-12-6-4-7-13-20/h4-17H,18-19H2,1-3H3,(H,29,33)/t28-/m0/s1. The van der Waals surface area contributed by atoms with Crippen LogP contribution in [-0.2, 0) is 21.6 Å². The molecule has 1 N–H and O–H groups in total. The van der Waals surface area contributed by atoms with Gasteiger partial charge in [0, 0.05) is 17.5 Å². The second kappa shape index (κ2) is 9.14. The van der Waals surface area contributed by atoms with Crippen molar-refractivity contribution < 1.29 is 19.1 Å². The largest absolute Gasteiger partial charge is 0.444 e. The minimum Gasteiger partial charge on any atom is -0.444 e. The number of carbonyl (C=O) groups excluding carboxylic acids is 3. The van der Waals surface area contributed by atoms with Gasteiger partial charge in [-0.05, 0) is 32.4 Å². The van der Waals surface area contributed by atoms with Crippen LogP contribution in [0.25, 0.3) is 0 Å². The van der Waals surface area contributed by atoms with Gasteiger partial charge in [0.25, 0.3) is 5.91 Å². The molecule has 0 saturated heterocycles. The van der Waals surface area contributed by atoms with E-state index in [9.17, 15) is 14.4 Å². The van der Waals surface area contributed by atoms with Gasteiger partial charge in [0.15, 0.2) is 11.3 Å². The Kier molecular flexibility index (Phi) is 6.24. The molecule has 0 saturated carbocycles. The Hall–Kier alpha value is -3.93. The van der Waals surface area contributed by atoms with Crippen LogP contribution in [0.3, 0.4) is 0 Å². The van der Waals surface area contributed by atoms with Gasteiger partial charge in [0.2, 0.25) is 0 Å². The Bertz CT molecular complexity index is 1200. The fraction of sp³-hybridized carbons (Fsp3) is 0.250. The van der Waals surface area contributed by atoms with Crippen LogP contribution in [0.4, 0.5) is 10.5 Å². The maximum Gasteiger partial charge on any atom is 0.408 e. The predicted molar refractivity (Wildman–Crippen MR) is 131 cm³/mol. The van der Waals surface area contributed by atoms with E-state index < -0.39 is 17.2 Å². The first-order valence-electron chi connectivity index (χ1n) is 11.2. The Morgan fingerprint density at radius 3 is 2.12 bits per heavy atom. The first kappa shape index (κ1) is 23.2. The molecular weight excluding hydrogens is 428 g/mol. The van der Waals surface area contributed by atoms with Crippen LogP contribution in [-0.4, -0.2) is 23.4 Å². The summed E-state index contributed by atoms with van der Waals surface area (Å²) in [6, 6.07) is 25.6. The topological polar surface area (TPSA) is 75.7 Å². The smallest absolute Gasteiger partial charge is 0.408 e. The third kappa shape index (κ3) is 4.71. The molecule has 0 fully saturated rings. The van der Waals surface area contributed by atoms with E-state index in [-0.39, 0.29) is 18.1 Å². The normalized spacial score (nSPS) is 17.3. The number of ketones is 1. The summed E-state index contributed by atoms with van der Waals surface area (Å²) in [4.78, 5) is 42.0. The molecular formula is C28H28N2O4. The molecule has 1 aliphatic heterocycles. The predicted octanol–water partition coefficient (Wildman–Crippen LogP) is 5.23. The average Bonchev–Trinajstić information content (AvgIpc) is 3.02. The van der Waals surface area contributed by atoms with Gasteiger partial charge in [0.1, 0.15) is 5.60 Å². The van der Waals surface area contributed by atoms with Crippen molar-refractivity contribution in [2.45, 2.75) is 44.9 Å². The van der Waals surface area contributed by atoms with Crippen molar-refractivity contribution in [3.05, 3.63) is 102 Å². The summed E-state index contributed by atoms with van der Waals surface area (Å²) in [6.07, 6.45) is -0.977. The lowest BCUT2D eigenvalue weighted by molar-refractivity contribution is -0.124. The third-order valence-corrected chi connectivity index (χ3v) is 5.68. The fourth-order valence-electron chi connectivity index (χ4n) is 4.23. The van der Waals surface area contributed by atoms with E-state index in [2.05, 4.69) is 5.32 Å². The summed E-state index contributed by atoms with van der Waals surface area (Å²) >= 11 is 0. The Balaban J connectivity index is 1.78. The number of Topliss-reactive ketones (excluding diaryl/α,β-unsaturated/α-hetero) is 1. The molecule has 174 valence electrons. The summed E-state index contributed by atoms with van der Waals surface area (Å²) in [5, 5.41) is 2.80. The van der Waals surface area contributed by atoms with Crippen molar-refractivity contribution in [1.82, 2.24) is 5.32 Å². The molecule has 3 aromatic rings. The highest BCUT2D eigenvalue weighted by Gasteiger charge is 2.53. The number of nitrogens with one attached hydrogen (secondary N) is 1. The van der Waals surface area contributed by atoms with Crippen LogP contribution in [0.5, 0.6) is 0 Å². The molecule has 0 aliphatic carbocycles. The summed E-state index contributed by atoms with van der Waals surface area (Å²) < 4.78 is 5.50. The zero-order valence-electron chi connectivity index (χ0n) is 19.6. The number of rotatable bonds is 6. The van der Waals surface area contributed by atoms with Crippen molar-refractivity contribution in [1.29, 1.82) is 0 Å². The van der Waals surface area contributed by atoms with Crippen molar-refractivity contribution >= 4 is 23.5 Å². The van der Waals surface area contributed by atoms with E-state index in [1.54, 1.807) is 62.1 Å². The summed E-state index contributed by atoms with van der Waals surface area (Å²) in [5.41, 5.74) is 0.298. The molecule has 3 aromatic carbocycles. The van der Waals surface area contributed by atoms with E-state index in [1.807, 2.05) is 48.5 Å². The van der Waals surface area contributed by atoms with Gasteiger partial charge >= 0.3 is 6.09 Å². The molecule has 34 heavy (non-hydrogen) atoms. The van der Waals surface area contributed by atoms with Gasteiger partial charge in [-0.15, -0.1) is 0 Å². The van der Waals surface area contributed by atoms with Crippen molar-refractivity contribution in [2.24, 2.45) is 0 Å². The number of alkyl carbamates (subject to hydrolysis) is 1. The van der Waals surface area contributed by atoms with Gasteiger partial charge in [0.05, 0.1) is 12.2 Å². The Morgan fingerprint density at radius 1 is 0.882 bits per heavy atom. The summed E-state index contributed by atoms with van der Waals surface area (Å²) in [5.74, 6) is -0.617. The van der Waals surface area contributed by atoms with E-state index in [1.165, 1.54) is 0 Å². The highest BCUT2D eigenvalue weighted by Crippen LogP contribution is 2.44. The summed E-state index contributed by atoms with van der Waals surface area (Å²) in [7, 11) is 0. The van der Waals surface area contributed by atoms with Crippen LogP contribution >= 0.6 is 0 Å². The third-order valence-electron chi connectivity index (χ3n) is 5.68. The maximum atomic E-state index is 14.1. The number of hydrogen-bond donors (Lipinski definition) is 1. The molecule has 4 rings (SSSR count). The lowest BCUT2D eigenvalue weighted by atomic mass is 9.84. The molecule has 0 radical (unpaired) electrons. The van der Waals surface area contributed by atoms with Gasteiger partial charge in [-0.1, -0.05) is 78.9 Å². The Labute approximate surface area is 199 Å². The molecule has 0 bridgehead atoms. The van der Waals surface area contributed by atoms with E-state index in [0.717, 1.165) is 5.56 Å². The maximum absolute atomic E-state index is 14.1. The first-order valence-corrected chi connectivity index (χ1v) is 11.2. The molecule has 6 heteroatoms. The molecule has 2 amide bonds. The number of anilines is 1. The number of ether oxygens (including phenoxy) is 1. The van der Waals surface area contributed by atoms with Crippen LogP contribution in [0.2, 0.25) is 0 Å². The van der Waals surface area contributed by atoms with Gasteiger partial charge in [-0.3, -0.25) is 9.59 Å². The number of fused-ring (bicyclic) bond motifs is 1. The number of carbonyl (C=O) groups is 3. The van der Waals surface area contributed by atoms with Crippen molar-refractivity contribution in [3.8, 4) is 0 Å². The zero-order chi connectivity index (χ0) is 24.3. The van der Waals surface area contributed by atoms with Crippen LogP contribution < -0.4 is 10.2 Å². The highest BCUT2D eigenvalue weighted by atomic mass is 16.6. The molecule has 0 spiro atoms. The number of nitrogens with zero attached hydrogens (tertiary/aromatic N) is 1. The lowest BCUT2D eigenvalue weighted by Gasteiger charge is -2.31. The SMILES string of the molecule is CC(C)(C)OC(=O)N[C@]1(CC(=O)c2ccccc2)C(=O)N(Cc2ccccc2)c2ccccc21.